The molecular formula is C10H11F3O. The molecule has 0 amide bonds. The maximum atomic E-state index is 12.5. The third-order valence-corrected chi connectivity index (χ3v) is 1.93. The minimum Gasteiger partial charge on any atom is -0.384 e. The standard InChI is InChI=1S/C10H11F3O/c1-14-7-9(10(11,12)13)8-5-3-2-4-6-8/h2-6,9H,7H2,1H3. The first-order valence-electron chi connectivity index (χ1n) is 4.16. The molecule has 1 unspecified atom stereocenters. The Kier molecular flexibility index (Phi) is 3.52. The second kappa shape index (κ2) is 4.46. The van der Waals surface area contributed by atoms with Crippen LogP contribution < -0.4 is 0 Å². The number of benzene rings is 1. The van der Waals surface area contributed by atoms with E-state index in [4.69, 9.17) is 0 Å². The van der Waals surface area contributed by atoms with Crippen LogP contribution in [-0.2, 0) is 4.74 Å². The van der Waals surface area contributed by atoms with Crippen molar-refractivity contribution < 1.29 is 17.9 Å². The molecule has 0 saturated heterocycles. The van der Waals surface area contributed by atoms with E-state index in [1.54, 1.807) is 18.2 Å². The van der Waals surface area contributed by atoms with Crippen LogP contribution >= 0.6 is 0 Å². The van der Waals surface area contributed by atoms with Gasteiger partial charge in [-0.1, -0.05) is 30.3 Å². The molecule has 0 aliphatic heterocycles. The zero-order valence-corrected chi connectivity index (χ0v) is 7.71. The molecule has 0 heterocycles. The van der Waals surface area contributed by atoms with E-state index in [1.807, 2.05) is 0 Å². The molecule has 0 saturated carbocycles. The number of rotatable bonds is 3. The van der Waals surface area contributed by atoms with Crippen molar-refractivity contribution in [1.82, 2.24) is 0 Å². The Labute approximate surface area is 80.5 Å². The first-order chi connectivity index (χ1) is 6.55. The fourth-order valence-corrected chi connectivity index (χ4v) is 1.23. The van der Waals surface area contributed by atoms with Crippen molar-refractivity contribution >= 4 is 0 Å². The minimum atomic E-state index is -4.25. The highest BCUT2D eigenvalue weighted by Gasteiger charge is 2.40. The normalized spacial score (nSPS) is 14.0. The highest BCUT2D eigenvalue weighted by molar-refractivity contribution is 5.21. The lowest BCUT2D eigenvalue weighted by molar-refractivity contribution is -0.160. The number of hydrogen-bond acceptors (Lipinski definition) is 1. The molecular weight excluding hydrogens is 193 g/mol. The van der Waals surface area contributed by atoms with Gasteiger partial charge < -0.3 is 4.74 Å². The topological polar surface area (TPSA) is 9.23 Å². The van der Waals surface area contributed by atoms with E-state index in [1.165, 1.54) is 19.2 Å². The molecule has 1 atom stereocenters. The SMILES string of the molecule is COCC(c1ccccc1)C(F)(F)F. The lowest BCUT2D eigenvalue weighted by atomic mass is 10.00. The van der Waals surface area contributed by atoms with Crippen LogP contribution in [0.25, 0.3) is 0 Å². The second-order valence-corrected chi connectivity index (χ2v) is 2.96. The van der Waals surface area contributed by atoms with Crippen molar-refractivity contribution in [1.29, 1.82) is 0 Å². The first kappa shape index (κ1) is 11.0. The molecule has 4 heteroatoms. The second-order valence-electron chi connectivity index (χ2n) is 2.96. The van der Waals surface area contributed by atoms with E-state index >= 15 is 0 Å². The lowest BCUT2D eigenvalue weighted by Gasteiger charge is -2.19. The third-order valence-electron chi connectivity index (χ3n) is 1.93. The highest BCUT2D eigenvalue weighted by atomic mass is 19.4. The van der Waals surface area contributed by atoms with Gasteiger partial charge in [0, 0.05) is 7.11 Å². The Morgan fingerprint density at radius 3 is 2.21 bits per heavy atom. The average Bonchev–Trinajstić information content (AvgIpc) is 2.14. The van der Waals surface area contributed by atoms with Gasteiger partial charge in [0.15, 0.2) is 0 Å². The van der Waals surface area contributed by atoms with Crippen LogP contribution in [-0.4, -0.2) is 19.9 Å². The van der Waals surface area contributed by atoms with Gasteiger partial charge >= 0.3 is 6.18 Å². The number of hydrogen-bond donors (Lipinski definition) is 0. The lowest BCUT2D eigenvalue weighted by Crippen LogP contribution is -2.24. The number of alkyl halides is 3. The summed E-state index contributed by atoms with van der Waals surface area (Å²) in [5.41, 5.74) is 0.238. The Hall–Kier alpha value is -1.03. The summed E-state index contributed by atoms with van der Waals surface area (Å²) < 4.78 is 42.1. The van der Waals surface area contributed by atoms with Gasteiger partial charge in [0.05, 0.1) is 6.61 Å². The van der Waals surface area contributed by atoms with Crippen LogP contribution in [0, 0.1) is 0 Å². The van der Waals surface area contributed by atoms with Crippen LogP contribution in [0.15, 0.2) is 30.3 Å². The molecule has 0 aliphatic rings. The molecule has 0 bridgehead atoms. The van der Waals surface area contributed by atoms with Crippen LogP contribution in [0.1, 0.15) is 11.5 Å². The van der Waals surface area contributed by atoms with Gasteiger partial charge in [0.2, 0.25) is 0 Å². The van der Waals surface area contributed by atoms with E-state index < -0.39 is 12.1 Å². The quantitative estimate of drug-likeness (QED) is 0.735. The van der Waals surface area contributed by atoms with Crippen molar-refractivity contribution in [3.63, 3.8) is 0 Å². The molecule has 0 radical (unpaired) electrons. The maximum absolute atomic E-state index is 12.5. The van der Waals surface area contributed by atoms with Gasteiger partial charge in [-0.25, -0.2) is 0 Å². The summed E-state index contributed by atoms with van der Waals surface area (Å²) >= 11 is 0. The van der Waals surface area contributed by atoms with Crippen LogP contribution in [0.4, 0.5) is 13.2 Å². The molecule has 0 aliphatic carbocycles. The molecule has 0 N–H and O–H groups in total. The first-order valence-corrected chi connectivity index (χ1v) is 4.16. The van der Waals surface area contributed by atoms with Crippen molar-refractivity contribution in [2.45, 2.75) is 12.1 Å². The number of methoxy groups -OCH3 is 1. The van der Waals surface area contributed by atoms with E-state index in [2.05, 4.69) is 4.74 Å². The summed E-state index contributed by atoms with van der Waals surface area (Å²) in [5.74, 6) is -1.53. The van der Waals surface area contributed by atoms with Crippen LogP contribution in [0.5, 0.6) is 0 Å². The van der Waals surface area contributed by atoms with Gasteiger partial charge in [-0.3, -0.25) is 0 Å². The molecule has 0 fully saturated rings. The maximum Gasteiger partial charge on any atom is 0.397 e. The molecule has 1 aromatic carbocycles. The van der Waals surface area contributed by atoms with Crippen LogP contribution in [0.3, 0.4) is 0 Å². The number of ether oxygens (including phenoxy) is 1. The fourth-order valence-electron chi connectivity index (χ4n) is 1.23. The Bertz CT molecular complexity index is 268. The Balaban J connectivity index is 2.89. The molecule has 1 aromatic rings. The van der Waals surface area contributed by atoms with Crippen molar-refractivity contribution in [3.8, 4) is 0 Å². The van der Waals surface area contributed by atoms with E-state index in [9.17, 15) is 13.2 Å². The summed E-state index contributed by atoms with van der Waals surface area (Å²) in [6, 6.07) is 7.77. The Morgan fingerprint density at radius 2 is 1.79 bits per heavy atom. The summed E-state index contributed by atoms with van der Waals surface area (Å²) in [4.78, 5) is 0. The Morgan fingerprint density at radius 1 is 1.21 bits per heavy atom. The molecule has 14 heavy (non-hydrogen) atoms. The molecule has 1 nitrogen and oxygen atoms in total. The zero-order chi connectivity index (χ0) is 10.6. The monoisotopic (exact) mass is 204 g/mol. The predicted octanol–water partition coefficient (Wildman–Crippen LogP) is 2.98. The fraction of sp³-hybridized carbons (Fsp3) is 0.400. The van der Waals surface area contributed by atoms with Crippen molar-refractivity contribution in [2.24, 2.45) is 0 Å². The van der Waals surface area contributed by atoms with Gasteiger partial charge in [-0.05, 0) is 5.56 Å². The van der Waals surface area contributed by atoms with Gasteiger partial charge in [-0.2, -0.15) is 13.2 Å². The molecule has 0 spiro atoms. The van der Waals surface area contributed by atoms with E-state index in [-0.39, 0.29) is 12.2 Å². The summed E-state index contributed by atoms with van der Waals surface area (Å²) in [7, 11) is 1.27. The molecule has 1 rings (SSSR count). The van der Waals surface area contributed by atoms with Gasteiger partial charge in [-0.15, -0.1) is 0 Å². The average molecular weight is 204 g/mol. The zero-order valence-electron chi connectivity index (χ0n) is 7.71. The molecule has 78 valence electrons. The number of halogens is 3. The van der Waals surface area contributed by atoms with E-state index in [0.29, 0.717) is 0 Å². The summed E-state index contributed by atoms with van der Waals surface area (Å²) in [6.07, 6.45) is -4.25. The minimum absolute atomic E-state index is 0.238. The smallest absolute Gasteiger partial charge is 0.384 e. The third kappa shape index (κ3) is 2.73. The van der Waals surface area contributed by atoms with Crippen molar-refractivity contribution in [2.75, 3.05) is 13.7 Å². The largest absolute Gasteiger partial charge is 0.397 e. The highest BCUT2D eigenvalue weighted by Crippen LogP contribution is 2.34. The van der Waals surface area contributed by atoms with E-state index in [0.717, 1.165) is 0 Å². The molecule has 0 aromatic heterocycles. The predicted molar refractivity (Wildman–Crippen MR) is 47.1 cm³/mol. The van der Waals surface area contributed by atoms with Crippen LogP contribution in [0.2, 0.25) is 0 Å². The van der Waals surface area contributed by atoms with Gasteiger partial charge in [0.25, 0.3) is 0 Å². The van der Waals surface area contributed by atoms with Crippen molar-refractivity contribution in [3.05, 3.63) is 35.9 Å². The summed E-state index contributed by atoms with van der Waals surface area (Å²) in [5, 5.41) is 0. The summed E-state index contributed by atoms with van der Waals surface area (Å²) in [6.45, 7) is -0.340. The van der Waals surface area contributed by atoms with Gasteiger partial charge in [0.1, 0.15) is 5.92 Å².